The maximum absolute atomic E-state index is 12.1. The summed E-state index contributed by atoms with van der Waals surface area (Å²) in [6.07, 6.45) is 1.56. The zero-order valence-electron chi connectivity index (χ0n) is 10.1. The van der Waals surface area contributed by atoms with E-state index in [2.05, 4.69) is 4.98 Å². The average molecular weight is 274 g/mol. The molecule has 0 aliphatic rings. The van der Waals surface area contributed by atoms with Crippen LogP contribution in [-0.4, -0.2) is 15.3 Å². The van der Waals surface area contributed by atoms with Gasteiger partial charge in [-0.25, -0.2) is 9.78 Å². The van der Waals surface area contributed by atoms with Crippen molar-refractivity contribution in [2.24, 2.45) is 0 Å². The van der Waals surface area contributed by atoms with Gasteiger partial charge in [0.2, 0.25) is 0 Å². The molecule has 0 fully saturated rings. The summed E-state index contributed by atoms with van der Waals surface area (Å²) < 4.78 is 6.29. The Morgan fingerprint density at radius 1 is 1.42 bits per heavy atom. The molecule has 3 aromatic heterocycles. The molecule has 19 heavy (non-hydrogen) atoms. The zero-order chi connectivity index (χ0) is 13.4. The van der Waals surface area contributed by atoms with Gasteiger partial charge >= 0.3 is 5.76 Å². The summed E-state index contributed by atoms with van der Waals surface area (Å²) in [6, 6.07) is 6.98. The highest BCUT2D eigenvalue weighted by Crippen LogP contribution is 2.17. The zero-order valence-corrected chi connectivity index (χ0v) is 10.9. The first kappa shape index (κ1) is 11.9. The minimum absolute atomic E-state index is 0.0528. The molecule has 0 aliphatic heterocycles. The number of fused-ring (bicyclic) bond motifs is 1. The standard InChI is InChI=1S/C13H10N2O3S/c1-8-4-5-11(19-8)9(16)7-15-12-10(18-13(15)17)3-2-6-14-12/h2-6H,7H2,1H3. The van der Waals surface area contributed by atoms with Crippen LogP contribution in [0.3, 0.4) is 0 Å². The number of carbonyl (C=O) groups is 1. The molecule has 0 radical (unpaired) electrons. The Bertz CT molecular complexity index is 813. The minimum atomic E-state index is -0.560. The van der Waals surface area contributed by atoms with E-state index < -0.39 is 5.76 Å². The molecule has 6 heteroatoms. The van der Waals surface area contributed by atoms with E-state index in [1.165, 1.54) is 15.9 Å². The van der Waals surface area contributed by atoms with Crippen molar-refractivity contribution in [2.75, 3.05) is 0 Å². The number of aromatic nitrogens is 2. The van der Waals surface area contributed by atoms with Crippen LogP contribution in [0, 0.1) is 6.92 Å². The number of pyridine rings is 1. The van der Waals surface area contributed by atoms with Gasteiger partial charge < -0.3 is 4.42 Å². The Morgan fingerprint density at radius 3 is 3.00 bits per heavy atom. The van der Waals surface area contributed by atoms with Crippen LogP contribution in [0.25, 0.3) is 11.2 Å². The van der Waals surface area contributed by atoms with Gasteiger partial charge in [-0.15, -0.1) is 11.3 Å². The molecular formula is C13H10N2O3S. The largest absolute Gasteiger partial charge is 0.421 e. The van der Waals surface area contributed by atoms with Crippen LogP contribution in [0.1, 0.15) is 14.5 Å². The number of thiophene rings is 1. The van der Waals surface area contributed by atoms with E-state index in [9.17, 15) is 9.59 Å². The summed E-state index contributed by atoms with van der Waals surface area (Å²) >= 11 is 1.41. The van der Waals surface area contributed by atoms with Crippen molar-refractivity contribution < 1.29 is 9.21 Å². The highest BCUT2D eigenvalue weighted by Gasteiger charge is 2.15. The van der Waals surface area contributed by atoms with Crippen LogP contribution in [0.2, 0.25) is 0 Å². The Balaban J connectivity index is 2.00. The number of nitrogens with zero attached hydrogens (tertiary/aromatic N) is 2. The molecule has 96 valence electrons. The van der Waals surface area contributed by atoms with Crippen LogP contribution in [0.15, 0.2) is 39.7 Å². The number of carbonyl (C=O) groups excluding carboxylic acids is 1. The van der Waals surface area contributed by atoms with Gasteiger partial charge in [-0.1, -0.05) is 0 Å². The van der Waals surface area contributed by atoms with E-state index >= 15 is 0 Å². The molecule has 0 N–H and O–H groups in total. The number of rotatable bonds is 3. The molecule has 3 rings (SSSR count). The van der Waals surface area contributed by atoms with Gasteiger partial charge in [0.05, 0.1) is 11.4 Å². The molecule has 5 nitrogen and oxygen atoms in total. The van der Waals surface area contributed by atoms with E-state index in [4.69, 9.17) is 4.42 Å². The second-order valence-corrected chi connectivity index (χ2v) is 5.40. The normalized spacial score (nSPS) is 11.0. The van der Waals surface area contributed by atoms with Crippen molar-refractivity contribution >= 4 is 28.4 Å². The molecule has 0 aromatic carbocycles. The van der Waals surface area contributed by atoms with E-state index in [0.29, 0.717) is 16.1 Å². The predicted molar refractivity (Wildman–Crippen MR) is 71.7 cm³/mol. The summed E-state index contributed by atoms with van der Waals surface area (Å²) in [7, 11) is 0. The molecule has 0 saturated heterocycles. The van der Waals surface area contributed by atoms with Gasteiger partial charge in [-0.2, -0.15) is 0 Å². The minimum Gasteiger partial charge on any atom is -0.406 e. The van der Waals surface area contributed by atoms with Crippen molar-refractivity contribution in [1.29, 1.82) is 0 Å². The first-order valence-corrected chi connectivity index (χ1v) is 6.51. The molecule has 0 atom stereocenters. The molecule has 0 saturated carbocycles. The number of oxazole rings is 1. The lowest BCUT2D eigenvalue weighted by Crippen LogP contribution is -2.20. The molecule has 0 spiro atoms. The van der Waals surface area contributed by atoms with Gasteiger partial charge in [0.25, 0.3) is 0 Å². The van der Waals surface area contributed by atoms with Crippen molar-refractivity contribution in [2.45, 2.75) is 13.5 Å². The van der Waals surface area contributed by atoms with E-state index in [0.717, 1.165) is 4.88 Å². The summed E-state index contributed by atoms with van der Waals surface area (Å²) in [4.78, 5) is 29.6. The van der Waals surface area contributed by atoms with Crippen molar-refractivity contribution in [3.8, 4) is 0 Å². The number of Topliss-reactive ketones (excluding diaryl/α,β-unsaturated/α-hetero) is 1. The van der Waals surface area contributed by atoms with Gasteiger partial charge in [-0.3, -0.25) is 9.36 Å². The van der Waals surface area contributed by atoms with Crippen LogP contribution in [-0.2, 0) is 6.54 Å². The van der Waals surface area contributed by atoms with Gasteiger partial charge in [0.15, 0.2) is 17.0 Å². The molecule has 0 aliphatic carbocycles. The fraction of sp³-hybridized carbons (Fsp3) is 0.154. The second-order valence-electron chi connectivity index (χ2n) is 4.11. The van der Waals surface area contributed by atoms with Gasteiger partial charge in [-0.05, 0) is 31.2 Å². The SMILES string of the molecule is Cc1ccc(C(=O)Cn2c(=O)oc3cccnc32)s1. The third-order valence-electron chi connectivity index (χ3n) is 2.74. The maximum Gasteiger partial charge on any atom is 0.421 e. The highest BCUT2D eigenvalue weighted by molar-refractivity contribution is 7.14. The first-order chi connectivity index (χ1) is 9.15. The predicted octanol–water partition coefficient (Wildman–Crippen LogP) is 2.24. The number of ketones is 1. The van der Waals surface area contributed by atoms with Crippen molar-refractivity contribution in [3.63, 3.8) is 0 Å². The lowest BCUT2D eigenvalue weighted by molar-refractivity contribution is 0.0974. The molecule has 3 heterocycles. The monoisotopic (exact) mass is 274 g/mol. The van der Waals surface area contributed by atoms with Gasteiger partial charge in [0, 0.05) is 11.1 Å². The molecular weight excluding hydrogens is 264 g/mol. The van der Waals surface area contributed by atoms with E-state index in [1.54, 1.807) is 24.4 Å². The summed E-state index contributed by atoms with van der Waals surface area (Å²) in [5.41, 5.74) is 0.789. The number of hydrogen-bond donors (Lipinski definition) is 0. The smallest absolute Gasteiger partial charge is 0.406 e. The summed E-state index contributed by atoms with van der Waals surface area (Å²) in [6.45, 7) is 1.88. The van der Waals surface area contributed by atoms with Crippen molar-refractivity contribution in [1.82, 2.24) is 9.55 Å². The van der Waals surface area contributed by atoms with Gasteiger partial charge in [0.1, 0.15) is 0 Å². The van der Waals surface area contributed by atoms with E-state index in [-0.39, 0.29) is 12.3 Å². The number of hydrogen-bond acceptors (Lipinski definition) is 5. The van der Waals surface area contributed by atoms with E-state index in [1.807, 2.05) is 13.0 Å². The molecule has 0 amide bonds. The topological polar surface area (TPSA) is 65.1 Å². The molecule has 3 aromatic rings. The van der Waals surface area contributed by atoms with Crippen LogP contribution < -0.4 is 5.76 Å². The Morgan fingerprint density at radius 2 is 2.26 bits per heavy atom. The quantitative estimate of drug-likeness (QED) is 0.687. The fourth-order valence-corrected chi connectivity index (χ4v) is 2.64. The summed E-state index contributed by atoms with van der Waals surface area (Å²) in [5.74, 6) is -0.677. The maximum atomic E-state index is 12.1. The van der Waals surface area contributed by atoms with Crippen molar-refractivity contribution in [3.05, 3.63) is 50.8 Å². The Kier molecular flexibility index (Phi) is 2.79. The lowest BCUT2D eigenvalue weighted by atomic mass is 10.3. The first-order valence-electron chi connectivity index (χ1n) is 5.69. The summed E-state index contributed by atoms with van der Waals surface area (Å²) in [5, 5.41) is 0. The van der Waals surface area contributed by atoms with Crippen LogP contribution >= 0.6 is 11.3 Å². The van der Waals surface area contributed by atoms with Crippen LogP contribution in [0.4, 0.5) is 0 Å². The molecule has 0 bridgehead atoms. The highest BCUT2D eigenvalue weighted by atomic mass is 32.1. The third-order valence-corrected chi connectivity index (χ3v) is 3.78. The Hall–Kier alpha value is -2.21. The fourth-order valence-electron chi connectivity index (χ4n) is 1.85. The van der Waals surface area contributed by atoms with Crippen LogP contribution in [0.5, 0.6) is 0 Å². The lowest BCUT2D eigenvalue weighted by Gasteiger charge is -1.98. The Labute approximate surface area is 112 Å². The number of aryl methyl sites for hydroxylation is 1. The second kappa shape index (κ2) is 4.47. The average Bonchev–Trinajstić information content (AvgIpc) is 2.95. The molecule has 0 unspecified atom stereocenters. The third kappa shape index (κ3) is 2.10.